The van der Waals surface area contributed by atoms with Gasteiger partial charge in [0.1, 0.15) is 0 Å². The molecule has 1 spiro atoms. The molecule has 1 aromatic heterocycles. The van der Waals surface area contributed by atoms with Gasteiger partial charge in [0.05, 0.1) is 11.3 Å². The SMILES string of the molecule is CCCCCCSc1nnc2c(n1)O[C@]1(Nc3ccccc3-2)C(=O)Nc2ccc(Br)cc21. The molecule has 7 nitrogen and oxygen atoms in total. The lowest BCUT2D eigenvalue weighted by Gasteiger charge is -2.28. The van der Waals surface area contributed by atoms with Gasteiger partial charge in [-0.15, -0.1) is 10.2 Å². The van der Waals surface area contributed by atoms with Crippen molar-refractivity contribution in [3.05, 3.63) is 52.5 Å². The van der Waals surface area contributed by atoms with Gasteiger partial charge < -0.3 is 15.4 Å². The van der Waals surface area contributed by atoms with Crippen molar-refractivity contribution in [3.8, 4) is 17.1 Å². The van der Waals surface area contributed by atoms with E-state index in [9.17, 15) is 4.79 Å². The van der Waals surface area contributed by atoms with Gasteiger partial charge in [-0.2, -0.15) is 4.98 Å². The van der Waals surface area contributed by atoms with E-state index in [-0.39, 0.29) is 11.8 Å². The topological polar surface area (TPSA) is 89.0 Å². The van der Waals surface area contributed by atoms with E-state index < -0.39 is 5.72 Å². The first-order chi connectivity index (χ1) is 15.6. The molecule has 2 N–H and O–H groups in total. The molecule has 0 bridgehead atoms. The Morgan fingerprint density at radius 3 is 2.84 bits per heavy atom. The number of hydrogen-bond donors (Lipinski definition) is 2. The predicted octanol–water partition coefficient (Wildman–Crippen LogP) is 5.58. The highest BCUT2D eigenvalue weighted by Gasteiger charge is 2.52. The molecule has 9 heteroatoms. The molecule has 2 aromatic carbocycles. The normalized spacial score (nSPS) is 18.1. The van der Waals surface area contributed by atoms with Crippen LogP contribution in [0.1, 0.15) is 38.2 Å². The number of nitrogens with one attached hydrogen (secondary N) is 2. The van der Waals surface area contributed by atoms with Crippen LogP contribution < -0.4 is 15.4 Å². The Balaban J connectivity index is 1.57. The number of anilines is 2. The van der Waals surface area contributed by atoms with E-state index in [1.807, 2.05) is 42.5 Å². The lowest BCUT2D eigenvalue weighted by atomic mass is 10.0. The van der Waals surface area contributed by atoms with Crippen molar-refractivity contribution >= 4 is 45.0 Å². The number of rotatable bonds is 6. The fraction of sp³-hybridized carbons (Fsp3) is 0.304. The first-order valence-corrected chi connectivity index (χ1v) is 12.4. The maximum Gasteiger partial charge on any atom is 0.295 e. The average molecular weight is 512 g/mol. The molecule has 0 saturated heterocycles. The van der Waals surface area contributed by atoms with E-state index in [2.05, 4.69) is 48.7 Å². The molecule has 164 valence electrons. The monoisotopic (exact) mass is 511 g/mol. The fourth-order valence-electron chi connectivity index (χ4n) is 3.93. The van der Waals surface area contributed by atoms with Crippen molar-refractivity contribution in [1.82, 2.24) is 15.2 Å². The van der Waals surface area contributed by atoms with E-state index >= 15 is 0 Å². The van der Waals surface area contributed by atoms with Crippen molar-refractivity contribution in [2.75, 3.05) is 16.4 Å². The average Bonchev–Trinajstić information content (AvgIpc) is 2.96. The maximum absolute atomic E-state index is 13.3. The van der Waals surface area contributed by atoms with Crippen LogP contribution in [-0.4, -0.2) is 26.8 Å². The first-order valence-electron chi connectivity index (χ1n) is 10.7. The zero-order valence-electron chi connectivity index (χ0n) is 17.5. The molecule has 0 fully saturated rings. The number of fused-ring (bicyclic) bond motifs is 5. The summed E-state index contributed by atoms with van der Waals surface area (Å²) in [6, 6.07) is 13.3. The van der Waals surface area contributed by atoms with Gasteiger partial charge in [-0.05, 0) is 30.7 Å². The van der Waals surface area contributed by atoms with Crippen LogP contribution in [0.4, 0.5) is 11.4 Å². The van der Waals surface area contributed by atoms with Gasteiger partial charge >= 0.3 is 0 Å². The first kappa shape index (κ1) is 21.2. The second-order valence-electron chi connectivity index (χ2n) is 7.76. The molecule has 0 saturated carbocycles. The van der Waals surface area contributed by atoms with Gasteiger partial charge in [-0.1, -0.05) is 72.1 Å². The molecular formula is C23H22BrN5O2S. The highest BCUT2D eigenvalue weighted by molar-refractivity contribution is 9.10. The van der Waals surface area contributed by atoms with Crippen LogP contribution in [0.5, 0.6) is 5.88 Å². The molecule has 0 unspecified atom stereocenters. The minimum Gasteiger partial charge on any atom is -0.435 e. The van der Waals surface area contributed by atoms with E-state index in [1.165, 1.54) is 19.3 Å². The second-order valence-corrected chi connectivity index (χ2v) is 9.73. The summed E-state index contributed by atoms with van der Waals surface area (Å²) in [6.07, 6.45) is 4.70. The molecule has 3 aromatic rings. The molecule has 1 amide bonds. The largest absolute Gasteiger partial charge is 0.435 e. The van der Waals surface area contributed by atoms with Gasteiger partial charge in [0.2, 0.25) is 11.0 Å². The Kier molecular flexibility index (Phi) is 5.77. The number of benzene rings is 2. The third-order valence-electron chi connectivity index (χ3n) is 5.54. The molecule has 2 aliphatic rings. The molecule has 3 heterocycles. The number of unbranched alkanes of at least 4 members (excludes halogenated alkanes) is 3. The molecule has 32 heavy (non-hydrogen) atoms. The molecule has 5 rings (SSSR count). The van der Waals surface area contributed by atoms with Crippen molar-refractivity contribution in [2.45, 2.75) is 43.5 Å². The maximum atomic E-state index is 13.3. The van der Waals surface area contributed by atoms with Gasteiger partial charge in [0, 0.05) is 21.5 Å². The highest BCUT2D eigenvalue weighted by atomic mass is 79.9. The van der Waals surface area contributed by atoms with E-state index in [1.54, 1.807) is 11.8 Å². The standard InChI is InChI=1S/C23H22BrN5O2S/c1-2-3-4-7-12-32-22-26-20-19(28-29-22)15-8-5-6-9-17(15)27-23(31-20)16-13-14(24)10-11-18(16)25-21(23)30/h5-6,8-11,13,27H,2-4,7,12H2,1H3,(H,25,30)/t23-/m0/s1. The van der Waals surface area contributed by atoms with Crippen LogP contribution in [0.25, 0.3) is 11.3 Å². The van der Waals surface area contributed by atoms with Gasteiger partial charge in [-0.25, -0.2) is 0 Å². The number of carbonyl (C=O) groups is 1. The minimum atomic E-state index is -1.46. The zero-order chi connectivity index (χ0) is 22.1. The molecular weight excluding hydrogens is 490 g/mol. The van der Waals surface area contributed by atoms with Crippen LogP contribution in [0, 0.1) is 0 Å². The number of halogens is 1. The van der Waals surface area contributed by atoms with Crippen molar-refractivity contribution in [2.24, 2.45) is 0 Å². The third-order valence-corrected chi connectivity index (χ3v) is 6.95. The zero-order valence-corrected chi connectivity index (χ0v) is 19.9. The Hall–Kier alpha value is -2.65. The summed E-state index contributed by atoms with van der Waals surface area (Å²) in [4.78, 5) is 17.9. The van der Waals surface area contributed by atoms with Gasteiger partial charge in [0.25, 0.3) is 11.6 Å². The van der Waals surface area contributed by atoms with E-state index in [4.69, 9.17) is 4.74 Å². The van der Waals surface area contributed by atoms with Crippen molar-refractivity contribution in [3.63, 3.8) is 0 Å². The summed E-state index contributed by atoms with van der Waals surface area (Å²) in [7, 11) is 0. The van der Waals surface area contributed by atoms with E-state index in [0.29, 0.717) is 22.1 Å². The lowest BCUT2D eigenvalue weighted by Crippen LogP contribution is -2.47. The Morgan fingerprint density at radius 2 is 1.97 bits per heavy atom. The quantitative estimate of drug-likeness (QED) is 0.329. The molecule has 2 aliphatic heterocycles. The fourth-order valence-corrected chi connectivity index (χ4v) is 5.06. The summed E-state index contributed by atoms with van der Waals surface area (Å²) in [5.74, 6) is 0.897. The summed E-state index contributed by atoms with van der Waals surface area (Å²) in [5, 5.41) is 15.6. The third kappa shape index (κ3) is 3.73. The van der Waals surface area contributed by atoms with Crippen molar-refractivity contribution in [1.29, 1.82) is 0 Å². The van der Waals surface area contributed by atoms with Crippen LogP contribution in [0.15, 0.2) is 52.1 Å². The number of hydrogen-bond acceptors (Lipinski definition) is 7. The van der Waals surface area contributed by atoms with Crippen LogP contribution in [-0.2, 0) is 10.5 Å². The van der Waals surface area contributed by atoms with Crippen LogP contribution >= 0.6 is 27.7 Å². The molecule has 0 radical (unpaired) electrons. The lowest BCUT2D eigenvalue weighted by molar-refractivity contribution is -0.128. The second kappa shape index (κ2) is 8.71. The van der Waals surface area contributed by atoms with Crippen molar-refractivity contribution < 1.29 is 9.53 Å². The number of aromatic nitrogens is 3. The number of nitrogens with zero attached hydrogens (tertiary/aromatic N) is 3. The number of amides is 1. The predicted molar refractivity (Wildman–Crippen MR) is 129 cm³/mol. The number of carbonyl (C=O) groups excluding carboxylic acids is 1. The van der Waals surface area contributed by atoms with Crippen LogP contribution in [0.2, 0.25) is 0 Å². The summed E-state index contributed by atoms with van der Waals surface area (Å²) in [5.41, 5.74) is 1.95. The molecule has 1 atom stereocenters. The van der Waals surface area contributed by atoms with Gasteiger partial charge in [-0.3, -0.25) is 4.79 Å². The highest BCUT2D eigenvalue weighted by Crippen LogP contribution is 2.47. The summed E-state index contributed by atoms with van der Waals surface area (Å²) >= 11 is 5.07. The summed E-state index contributed by atoms with van der Waals surface area (Å²) in [6.45, 7) is 2.20. The Labute approximate surface area is 198 Å². The number of ether oxygens (including phenoxy) is 1. The minimum absolute atomic E-state index is 0.288. The smallest absolute Gasteiger partial charge is 0.295 e. The summed E-state index contributed by atoms with van der Waals surface area (Å²) < 4.78 is 7.24. The Morgan fingerprint density at radius 1 is 1.09 bits per heavy atom. The van der Waals surface area contributed by atoms with Crippen LogP contribution in [0.3, 0.4) is 0 Å². The number of para-hydroxylation sites is 1. The van der Waals surface area contributed by atoms with Gasteiger partial charge in [0.15, 0.2) is 5.69 Å². The van der Waals surface area contributed by atoms with E-state index in [0.717, 1.165) is 27.9 Å². The number of thioether (sulfide) groups is 1. The Bertz CT molecular complexity index is 1190. The molecule has 0 aliphatic carbocycles.